The molecule has 1 aliphatic heterocycles. The maximum absolute atomic E-state index is 12.0. The van der Waals surface area contributed by atoms with Crippen LogP contribution in [0.25, 0.3) is 0 Å². The van der Waals surface area contributed by atoms with Gasteiger partial charge in [-0.1, -0.05) is 38.1 Å². The van der Waals surface area contributed by atoms with Crippen molar-refractivity contribution >= 4 is 5.91 Å². The number of rotatable bonds is 5. The summed E-state index contributed by atoms with van der Waals surface area (Å²) in [5.41, 5.74) is 1.02. The number of hydrogen-bond acceptors (Lipinski definition) is 3. The number of fused-ring (bicyclic) bond motifs is 1. The lowest BCUT2D eigenvalue weighted by molar-refractivity contribution is -0.117. The first-order valence-electron chi connectivity index (χ1n) is 7.61. The fraction of sp³-hybridized carbons (Fsp3) is 0.389. The highest BCUT2D eigenvalue weighted by atomic mass is 16.6. The summed E-state index contributed by atoms with van der Waals surface area (Å²) in [5, 5.41) is 3.04. The van der Waals surface area contributed by atoms with Gasteiger partial charge in [-0.05, 0) is 30.5 Å². The first-order chi connectivity index (χ1) is 10.6. The van der Waals surface area contributed by atoms with E-state index < -0.39 is 0 Å². The van der Waals surface area contributed by atoms with Crippen LogP contribution in [0.15, 0.2) is 42.5 Å². The second kappa shape index (κ2) is 7.69. The van der Waals surface area contributed by atoms with Crippen LogP contribution in [0.4, 0.5) is 0 Å². The molecule has 0 aliphatic carbocycles. The van der Waals surface area contributed by atoms with E-state index in [0.29, 0.717) is 13.2 Å². The lowest BCUT2D eigenvalue weighted by Crippen LogP contribution is -2.30. The quantitative estimate of drug-likeness (QED) is 0.670. The minimum Gasteiger partial charge on any atom is -0.486 e. The van der Waals surface area contributed by atoms with Crippen molar-refractivity contribution in [3.05, 3.63) is 48.1 Å². The van der Waals surface area contributed by atoms with E-state index in [9.17, 15) is 4.79 Å². The van der Waals surface area contributed by atoms with Gasteiger partial charge < -0.3 is 14.8 Å². The maximum Gasteiger partial charge on any atom is 0.244 e. The molecule has 1 atom stereocenters. The van der Waals surface area contributed by atoms with Crippen LogP contribution in [0.2, 0.25) is 0 Å². The molecular weight excluding hydrogens is 278 g/mol. The van der Waals surface area contributed by atoms with Gasteiger partial charge >= 0.3 is 0 Å². The number of carbonyl (C=O) groups excluding carboxylic acids is 1. The largest absolute Gasteiger partial charge is 0.486 e. The van der Waals surface area contributed by atoms with E-state index in [1.807, 2.05) is 37.3 Å². The van der Waals surface area contributed by atoms with Crippen LogP contribution < -0.4 is 14.8 Å². The summed E-state index contributed by atoms with van der Waals surface area (Å²) in [5.74, 6) is 1.67. The fourth-order valence-corrected chi connectivity index (χ4v) is 2.34. The molecule has 1 aromatic rings. The lowest BCUT2D eigenvalue weighted by Gasteiger charge is -2.25. The molecule has 1 aliphatic rings. The molecule has 2 rings (SSSR count). The zero-order valence-electron chi connectivity index (χ0n) is 13.3. The van der Waals surface area contributed by atoms with Crippen LogP contribution in [-0.2, 0) is 4.79 Å². The monoisotopic (exact) mass is 301 g/mol. The summed E-state index contributed by atoms with van der Waals surface area (Å²) in [6.45, 7) is 7.21. The smallest absolute Gasteiger partial charge is 0.244 e. The van der Waals surface area contributed by atoms with Crippen LogP contribution in [0, 0.1) is 5.92 Å². The average Bonchev–Trinajstić information content (AvgIpc) is 2.52. The Morgan fingerprint density at radius 2 is 1.91 bits per heavy atom. The molecule has 1 amide bonds. The molecule has 0 saturated heterocycles. The van der Waals surface area contributed by atoms with Gasteiger partial charge in [-0.15, -0.1) is 0 Å². The Morgan fingerprint density at radius 1 is 1.18 bits per heavy atom. The van der Waals surface area contributed by atoms with Gasteiger partial charge in [0.2, 0.25) is 5.91 Å². The molecule has 1 aromatic carbocycles. The predicted octanol–water partition coefficient (Wildman–Crippen LogP) is 3.40. The zero-order valence-corrected chi connectivity index (χ0v) is 13.3. The van der Waals surface area contributed by atoms with Crippen molar-refractivity contribution in [3.63, 3.8) is 0 Å². The van der Waals surface area contributed by atoms with E-state index in [1.54, 1.807) is 6.08 Å². The Morgan fingerprint density at radius 3 is 2.59 bits per heavy atom. The summed E-state index contributed by atoms with van der Waals surface area (Å²) in [4.78, 5) is 12.0. The van der Waals surface area contributed by atoms with Gasteiger partial charge in [-0.25, -0.2) is 0 Å². The fourth-order valence-electron chi connectivity index (χ4n) is 2.34. The molecule has 1 N–H and O–H groups in total. The molecule has 22 heavy (non-hydrogen) atoms. The van der Waals surface area contributed by atoms with Crippen LogP contribution in [-0.4, -0.2) is 19.1 Å². The molecule has 0 fully saturated rings. The number of carbonyl (C=O) groups is 1. The third kappa shape index (κ3) is 4.13. The number of ether oxygens (including phenoxy) is 2. The number of hydrogen-bond donors (Lipinski definition) is 1. The van der Waals surface area contributed by atoms with Gasteiger partial charge in [0.15, 0.2) is 11.5 Å². The second-order valence-electron chi connectivity index (χ2n) is 5.52. The second-order valence-corrected chi connectivity index (χ2v) is 5.52. The molecule has 118 valence electrons. The van der Waals surface area contributed by atoms with Gasteiger partial charge in [0.25, 0.3) is 0 Å². The molecule has 0 radical (unpaired) electrons. The predicted molar refractivity (Wildman–Crippen MR) is 87.1 cm³/mol. The number of benzene rings is 1. The SMILES string of the molecule is C/C=C/C=C/C(=O)NC(c1ccc2c(c1)OCCO2)C(C)C. The van der Waals surface area contributed by atoms with Crippen molar-refractivity contribution in [3.8, 4) is 11.5 Å². The lowest BCUT2D eigenvalue weighted by atomic mass is 9.95. The molecule has 0 spiro atoms. The Balaban J connectivity index is 2.15. The van der Waals surface area contributed by atoms with E-state index in [-0.39, 0.29) is 17.9 Å². The summed E-state index contributed by atoms with van der Waals surface area (Å²) < 4.78 is 11.2. The third-order valence-corrected chi connectivity index (χ3v) is 3.44. The van der Waals surface area contributed by atoms with Crippen molar-refractivity contribution < 1.29 is 14.3 Å². The summed E-state index contributed by atoms with van der Waals surface area (Å²) in [7, 11) is 0. The molecule has 0 bridgehead atoms. The highest BCUT2D eigenvalue weighted by Crippen LogP contribution is 2.34. The number of amides is 1. The average molecular weight is 301 g/mol. The van der Waals surface area contributed by atoms with Crippen molar-refractivity contribution in [1.82, 2.24) is 5.32 Å². The van der Waals surface area contributed by atoms with Crippen molar-refractivity contribution in [2.24, 2.45) is 5.92 Å². The third-order valence-electron chi connectivity index (χ3n) is 3.44. The highest BCUT2D eigenvalue weighted by Gasteiger charge is 2.20. The summed E-state index contributed by atoms with van der Waals surface area (Å²) >= 11 is 0. The number of allylic oxidation sites excluding steroid dienone is 3. The van der Waals surface area contributed by atoms with Crippen LogP contribution in [0.1, 0.15) is 32.4 Å². The first kappa shape index (κ1) is 16.1. The van der Waals surface area contributed by atoms with E-state index in [2.05, 4.69) is 19.2 Å². The molecule has 4 heteroatoms. The van der Waals surface area contributed by atoms with Gasteiger partial charge in [0, 0.05) is 6.08 Å². The zero-order chi connectivity index (χ0) is 15.9. The van der Waals surface area contributed by atoms with Crippen LogP contribution >= 0.6 is 0 Å². The molecular formula is C18H23NO3. The molecule has 0 saturated carbocycles. The molecule has 1 heterocycles. The van der Waals surface area contributed by atoms with E-state index in [0.717, 1.165) is 17.1 Å². The molecule has 4 nitrogen and oxygen atoms in total. The van der Waals surface area contributed by atoms with Crippen molar-refractivity contribution in [2.75, 3.05) is 13.2 Å². The van der Waals surface area contributed by atoms with Crippen molar-refractivity contribution in [2.45, 2.75) is 26.8 Å². The molecule has 0 aromatic heterocycles. The summed E-state index contributed by atoms with van der Waals surface area (Å²) in [6, 6.07) is 5.77. The van der Waals surface area contributed by atoms with E-state index in [4.69, 9.17) is 9.47 Å². The van der Waals surface area contributed by atoms with Crippen molar-refractivity contribution in [1.29, 1.82) is 0 Å². The van der Waals surface area contributed by atoms with Gasteiger partial charge in [0.1, 0.15) is 13.2 Å². The minimum atomic E-state index is -0.105. The Labute approximate surface area is 131 Å². The normalized spacial score (nSPS) is 15.5. The standard InChI is InChI=1S/C18H23NO3/c1-4-5-6-7-17(20)19-18(13(2)3)14-8-9-15-16(12-14)22-11-10-21-15/h4-9,12-13,18H,10-11H2,1-3H3,(H,19,20)/b5-4+,7-6+. The minimum absolute atomic E-state index is 0.0708. The van der Waals surface area contributed by atoms with E-state index in [1.165, 1.54) is 6.08 Å². The Hall–Kier alpha value is -2.23. The van der Waals surface area contributed by atoms with Crippen LogP contribution in [0.5, 0.6) is 11.5 Å². The van der Waals surface area contributed by atoms with Gasteiger partial charge in [-0.2, -0.15) is 0 Å². The van der Waals surface area contributed by atoms with Gasteiger partial charge in [0.05, 0.1) is 6.04 Å². The Bertz CT molecular complexity index is 576. The number of nitrogens with one attached hydrogen (secondary N) is 1. The first-order valence-corrected chi connectivity index (χ1v) is 7.61. The topological polar surface area (TPSA) is 47.6 Å². The summed E-state index contributed by atoms with van der Waals surface area (Å²) in [6.07, 6.45) is 6.97. The molecule has 1 unspecified atom stereocenters. The Kier molecular flexibility index (Phi) is 5.64. The van der Waals surface area contributed by atoms with Crippen LogP contribution in [0.3, 0.4) is 0 Å². The van der Waals surface area contributed by atoms with Gasteiger partial charge in [-0.3, -0.25) is 4.79 Å². The highest BCUT2D eigenvalue weighted by molar-refractivity contribution is 5.88. The van der Waals surface area contributed by atoms with E-state index >= 15 is 0 Å². The maximum atomic E-state index is 12.0.